The fraction of sp³-hybridized carbons (Fsp3) is 0.500. The standard InChI is InChI=1S/C12H16BrNO2S/c1-9-6-14-12(8-17(15,16)7-9)10-4-2-3-5-11(10)13/h2-5,9,12,14H,6-8H2,1H3. The van der Waals surface area contributed by atoms with Crippen LogP contribution in [-0.4, -0.2) is 26.5 Å². The van der Waals surface area contributed by atoms with E-state index in [0.29, 0.717) is 0 Å². The predicted octanol–water partition coefficient (Wildman–Crippen LogP) is 2.14. The van der Waals surface area contributed by atoms with Crippen LogP contribution in [0.25, 0.3) is 0 Å². The second kappa shape index (κ2) is 5.08. The Labute approximate surface area is 111 Å². The lowest BCUT2D eigenvalue weighted by Crippen LogP contribution is -2.26. The fourth-order valence-electron chi connectivity index (χ4n) is 2.17. The molecule has 0 aliphatic carbocycles. The molecule has 0 bridgehead atoms. The molecule has 0 amide bonds. The predicted molar refractivity (Wildman–Crippen MR) is 72.7 cm³/mol. The molecule has 1 heterocycles. The van der Waals surface area contributed by atoms with Gasteiger partial charge in [-0.05, 0) is 24.1 Å². The van der Waals surface area contributed by atoms with Gasteiger partial charge in [-0.3, -0.25) is 0 Å². The molecule has 3 nitrogen and oxygen atoms in total. The van der Waals surface area contributed by atoms with E-state index in [2.05, 4.69) is 21.2 Å². The van der Waals surface area contributed by atoms with Crippen LogP contribution < -0.4 is 5.32 Å². The molecule has 5 heteroatoms. The van der Waals surface area contributed by atoms with Crippen LogP contribution >= 0.6 is 15.9 Å². The summed E-state index contributed by atoms with van der Waals surface area (Å²) in [6.45, 7) is 2.71. The van der Waals surface area contributed by atoms with Crippen LogP contribution in [0.1, 0.15) is 18.5 Å². The zero-order valence-electron chi connectivity index (χ0n) is 9.69. The highest BCUT2D eigenvalue weighted by molar-refractivity contribution is 9.10. The third-order valence-corrected chi connectivity index (χ3v) is 5.59. The summed E-state index contributed by atoms with van der Waals surface area (Å²) in [5.41, 5.74) is 1.02. The molecule has 2 unspecified atom stereocenters. The van der Waals surface area contributed by atoms with Crippen LogP contribution in [0.5, 0.6) is 0 Å². The first kappa shape index (κ1) is 13.1. The molecular formula is C12H16BrNO2S. The summed E-state index contributed by atoms with van der Waals surface area (Å²) < 4.78 is 24.8. The molecule has 0 radical (unpaired) electrons. The number of hydrogen-bond acceptors (Lipinski definition) is 3. The molecule has 0 saturated carbocycles. The molecule has 17 heavy (non-hydrogen) atoms. The quantitative estimate of drug-likeness (QED) is 0.863. The number of hydrogen-bond donors (Lipinski definition) is 1. The molecule has 2 atom stereocenters. The van der Waals surface area contributed by atoms with Crippen molar-refractivity contribution in [1.29, 1.82) is 0 Å². The summed E-state index contributed by atoms with van der Waals surface area (Å²) in [6.07, 6.45) is 0. The van der Waals surface area contributed by atoms with E-state index >= 15 is 0 Å². The molecule has 1 aromatic rings. The maximum atomic E-state index is 11.9. The molecule has 1 aliphatic heterocycles. The lowest BCUT2D eigenvalue weighted by molar-refractivity contribution is 0.516. The highest BCUT2D eigenvalue weighted by Gasteiger charge is 2.27. The van der Waals surface area contributed by atoms with Crippen LogP contribution in [0.3, 0.4) is 0 Å². The molecule has 2 rings (SSSR count). The summed E-state index contributed by atoms with van der Waals surface area (Å²) in [4.78, 5) is 0. The molecule has 1 fully saturated rings. The summed E-state index contributed by atoms with van der Waals surface area (Å²) in [5.74, 6) is 0.633. The minimum absolute atomic E-state index is 0.111. The Kier molecular flexibility index (Phi) is 3.90. The van der Waals surface area contributed by atoms with Gasteiger partial charge in [0.25, 0.3) is 0 Å². The van der Waals surface area contributed by atoms with Crippen molar-refractivity contribution in [3.05, 3.63) is 34.3 Å². The first-order valence-electron chi connectivity index (χ1n) is 5.66. The van der Waals surface area contributed by atoms with E-state index in [0.717, 1.165) is 16.6 Å². The number of rotatable bonds is 1. The van der Waals surface area contributed by atoms with E-state index in [1.54, 1.807) is 0 Å². The Bertz CT molecular complexity index is 501. The fourth-order valence-corrected chi connectivity index (χ4v) is 4.66. The minimum Gasteiger partial charge on any atom is -0.309 e. The monoisotopic (exact) mass is 317 g/mol. The summed E-state index contributed by atoms with van der Waals surface area (Å²) in [5, 5.41) is 3.33. The number of nitrogens with one attached hydrogen (secondary N) is 1. The van der Waals surface area contributed by atoms with Gasteiger partial charge >= 0.3 is 0 Å². The third kappa shape index (κ3) is 3.30. The van der Waals surface area contributed by atoms with E-state index in [1.165, 1.54) is 0 Å². The highest BCUT2D eigenvalue weighted by Crippen LogP contribution is 2.26. The number of sulfone groups is 1. The molecule has 94 valence electrons. The zero-order valence-corrected chi connectivity index (χ0v) is 12.1. The number of benzene rings is 1. The number of halogens is 1. The van der Waals surface area contributed by atoms with E-state index in [-0.39, 0.29) is 23.5 Å². The first-order valence-corrected chi connectivity index (χ1v) is 8.27. The third-order valence-electron chi connectivity index (χ3n) is 2.95. The second-order valence-electron chi connectivity index (χ2n) is 4.66. The van der Waals surface area contributed by atoms with Gasteiger partial charge in [-0.1, -0.05) is 41.1 Å². The van der Waals surface area contributed by atoms with Crippen molar-refractivity contribution in [1.82, 2.24) is 5.32 Å². The van der Waals surface area contributed by atoms with Crippen molar-refractivity contribution < 1.29 is 8.42 Å². The van der Waals surface area contributed by atoms with Gasteiger partial charge in [0.15, 0.2) is 9.84 Å². The van der Waals surface area contributed by atoms with E-state index < -0.39 is 9.84 Å². The molecular weight excluding hydrogens is 302 g/mol. The minimum atomic E-state index is -2.97. The molecule has 1 aliphatic rings. The van der Waals surface area contributed by atoms with Gasteiger partial charge < -0.3 is 5.32 Å². The Morgan fingerprint density at radius 1 is 1.29 bits per heavy atom. The van der Waals surface area contributed by atoms with Gasteiger partial charge in [-0.25, -0.2) is 8.42 Å². The largest absolute Gasteiger partial charge is 0.309 e. The average Bonchev–Trinajstić information content (AvgIpc) is 2.37. The lowest BCUT2D eigenvalue weighted by Gasteiger charge is -2.17. The smallest absolute Gasteiger partial charge is 0.152 e. The van der Waals surface area contributed by atoms with Crippen LogP contribution in [0.2, 0.25) is 0 Å². The molecule has 1 aromatic carbocycles. The van der Waals surface area contributed by atoms with Gasteiger partial charge in [-0.2, -0.15) is 0 Å². The molecule has 1 saturated heterocycles. The van der Waals surface area contributed by atoms with Crippen molar-refractivity contribution in [3.8, 4) is 0 Å². The molecule has 0 aromatic heterocycles. The van der Waals surface area contributed by atoms with Crippen molar-refractivity contribution in [3.63, 3.8) is 0 Å². The van der Waals surface area contributed by atoms with Gasteiger partial charge in [0.05, 0.1) is 11.5 Å². The van der Waals surface area contributed by atoms with Gasteiger partial charge in [0.1, 0.15) is 0 Å². The maximum absolute atomic E-state index is 11.9. The maximum Gasteiger partial charge on any atom is 0.152 e. The van der Waals surface area contributed by atoms with E-state index in [4.69, 9.17) is 0 Å². The Morgan fingerprint density at radius 2 is 2.00 bits per heavy atom. The SMILES string of the molecule is CC1CNC(c2ccccc2Br)CS(=O)(=O)C1. The topological polar surface area (TPSA) is 46.2 Å². The molecule has 0 spiro atoms. The Hall–Kier alpha value is -0.390. The first-order chi connectivity index (χ1) is 7.98. The van der Waals surface area contributed by atoms with Crippen LogP contribution in [0, 0.1) is 5.92 Å². The van der Waals surface area contributed by atoms with Crippen molar-refractivity contribution >= 4 is 25.8 Å². The zero-order chi connectivity index (χ0) is 12.5. The summed E-state index contributed by atoms with van der Waals surface area (Å²) in [6, 6.07) is 7.66. The summed E-state index contributed by atoms with van der Waals surface area (Å²) >= 11 is 3.48. The van der Waals surface area contributed by atoms with Gasteiger partial charge in [-0.15, -0.1) is 0 Å². The van der Waals surface area contributed by atoms with Gasteiger partial charge in [0.2, 0.25) is 0 Å². The van der Waals surface area contributed by atoms with E-state index in [1.807, 2.05) is 31.2 Å². The average molecular weight is 318 g/mol. The Balaban J connectivity index is 2.30. The lowest BCUT2D eigenvalue weighted by atomic mass is 10.1. The van der Waals surface area contributed by atoms with Crippen molar-refractivity contribution in [2.24, 2.45) is 5.92 Å². The highest BCUT2D eigenvalue weighted by atomic mass is 79.9. The van der Waals surface area contributed by atoms with Crippen LogP contribution in [0.4, 0.5) is 0 Å². The molecule has 1 N–H and O–H groups in total. The van der Waals surface area contributed by atoms with Crippen LogP contribution in [-0.2, 0) is 9.84 Å². The second-order valence-corrected chi connectivity index (χ2v) is 7.67. The normalized spacial score (nSPS) is 28.6. The van der Waals surface area contributed by atoms with Crippen molar-refractivity contribution in [2.75, 3.05) is 18.1 Å². The van der Waals surface area contributed by atoms with Crippen molar-refractivity contribution in [2.45, 2.75) is 13.0 Å². The Morgan fingerprint density at radius 3 is 2.71 bits per heavy atom. The van der Waals surface area contributed by atoms with E-state index in [9.17, 15) is 8.42 Å². The van der Waals surface area contributed by atoms with Crippen LogP contribution in [0.15, 0.2) is 28.7 Å². The summed E-state index contributed by atoms with van der Waals surface area (Å²) in [7, 11) is -2.97. The van der Waals surface area contributed by atoms with Gasteiger partial charge in [0, 0.05) is 10.5 Å².